The molecule has 104 valence electrons. The Balaban J connectivity index is 2.47. The van der Waals surface area contributed by atoms with Gasteiger partial charge in [-0.2, -0.15) is 0 Å². The van der Waals surface area contributed by atoms with E-state index in [0.717, 1.165) is 11.1 Å². The summed E-state index contributed by atoms with van der Waals surface area (Å²) < 4.78 is 0. The van der Waals surface area contributed by atoms with E-state index in [1.807, 2.05) is 31.2 Å². The van der Waals surface area contributed by atoms with Gasteiger partial charge in [0.15, 0.2) is 6.10 Å². The molecule has 0 spiro atoms. The van der Waals surface area contributed by atoms with E-state index in [4.69, 9.17) is 10.2 Å². The molecule has 0 saturated heterocycles. The summed E-state index contributed by atoms with van der Waals surface area (Å²) in [6.07, 6.45) is -1.59. The first-order valence-corrected chi connectivity index (χ1v) is 5.85. The fourth-order valence-electron chi connectivity index (χ4n) is 1.56. The summed E-state index contributed by atoms with van der Waals surface area (Å²) in [5.41, 5.74) is 2.09. The third kappa shape index (κ3) is 4.97. The first kappa shape index (κ1) is 15.0. The molecular weight excluding hydrogens is 248 g/mol. The zero-order valence-corrected chi connectivity index (χ0v) is 11.0. The molecule has 0 aliphatic heterocycles. The monoisotopic (exact) mass is 266 g/mol. The van der Waals surface area contributed by atoms with E-state index in [0.29, 0.717) is 6.54 Å². The van der Waals surface area contributed by atoms with Gasteiger partial charge in [-0.05, 0) is 12.5 Å². The molecule has 1 aromatic rings. The lowest BCUT2D eigenvalue weighted by Crippen LogP contribution is -2.42. The minimum Gasteiger partial charge on any atom is -0.479 e. The third-order valence-corrected chi connectivity index (χ3v) is 2.58. The maximum Gasteiger partial charge on any atom is 0.334 e. The number of aliphatic carboxylic acids is 1. The maximum atomic E-state index is 11.7. The van der Waals surface area contributed by atoms with Crippen LogP contribution in [-0.4, -0.2) is 46.8 Å². The first-order valence-electron chi connectivity index (χ1n) is 5.85. The van der Waals surface area contributed by atoms with E-state index < -0.39 is 18.1 Å². The normalized spacial score (nSPS) is 11.7. The highest BCUT2D eigenvalue weighted by atomic mass is 16.4. The van der Waals surface area contributed by atoms with Gasteiger partial charge in [0.1, 0.15) is 0 Å². The minimum atomic E-state index is -1.59. The lowest BCUT2D eigenvalue weighted by molar-refractivity contribution is -0.146. The number of hydrogen-bond donors (Lipinski definition) is 3. The Morgan fingerprint density at radius 2 is 2.11 bits per heavy atom. The molecule has 1 atom stereocenters. The number of carbonyl (C=O) groups is 2. The summed E-state index contributed by atoms with van der Waals surface area (Å²) in [7, 11) is 1.60. The van der Waals surface area contributed by atoms with Gasteiger partial charge in [-0.3, -0.25) is 0 Å². The highest BCUT2D eigenvalue weighted by Crippen LogP contribution is 2.06. The number of carboxylic acid groups (broad SMARTS) is 1. The molecule has 0 aromatic heterocycles. The predicted molar refractivity (Wildman–Crippen MR) is 69.7 cm³/mol. The van der Waals surface area contributed by atoms with Crippen molar-refractivity contribution < 1.29 is 19.8 Å². The maximum absolute atomic E-state index is 11.7. The second-order valence-corrected chi connectivity index (χ2v) is 4.39. The van der Waals surface area contributed by atoms with Crippen molar-refractivity contribution in [2.24, 2.45) is 0 Å². The van der Waals surface area contributed by atoms with Crippen LogP contribution in [0.15, 0.2) is 24.3 Å². The number of carboxylic acids is 1. The van der Waals surface area contributed by atoms with Gasteiger partial charge in [-0.15, -0.1) is 0 Å². The number of aliphatic hydroxyl groups excluding tert-OH is 1. The molecule has 0 saturated carbocycles. The molecule has 0 aliphatic rings. The summed E-state index contributed by atoms with van der Waals surface area (Å²) in [6, 6.07) is 7.32. The Morgan fingerprint density at radius 3 is 2.68 bits per heavy atom. The van der Waals surface area contributed by atoms with Crippen molar-refractivity contribution >= 4 is 12.0 Å². The van der Waals surface area contributed by atoms with Gasteiger partial charge >= 0.3 is 12.0 Å². The third-order valence-electron chi connectivity index (χ3n) is 2.58. The minimum absolute atomic E-state index is 0.313. The number of rotatable bonds is 5. The van der Waals surface area contributed by atoms with E-state index >= 15 is 0 Å². The molecule has 0 fully saturated rings. The van der Waals surface area contributed by atoms with Crippen LogP contribution in [0.5, 0.6) is 0 Å². The standard InChI is InChI=1S/C13H18N2O4/c1-9-4-3-5-10(6-9)8-15(2)13(19)14-7-11(16)12(17)18/h3-6,11,16H,7-8H2,1-2H3,(H,14,19)(H,17,18). The number of benzene rings is 1. The zero-order chi connectivity index (χ0) is 14.4. The first-order chi connectivity index (χ1) is 8.90. The quantitative estimate of drug-likeness (QED) is 0.727. The molecule has 6 heteroatoms. The number of urea groups is 1. The fraction of sp³-hybridized carbons (Fsp3) is 0.385. The van der Waals surface area contributed by atoms with E-state index in [2.05, 4.69) is 5.32 Å². The number of amides is 2. The SMILES string of the molecule is Cc1cccc(CN(C)C(=O)NCC(O)C(=O)O)c1. The summed E-state index contributed by atoms with van der Waals surface area (Å²) in [6.45, 7) is 2.07. The molecule has 2 amide bonds. The van der Waals surface area contributed by atoms with Gasteiger partial charge in [-0.25, -0.2) is 9.59 Å². The van der Waals surface area contributed by atoms with Gasteiger partial charge in [-0.1, -0.05) is 29.8 Å². The molecule has 1 aromatic carbocycles. The summed E-state index contributed by atoms with van der Waals surface area (Å²) in [5.74, 6) is -1.36. The second-order valence-electron chi connectivity index (χ2n) is 4.39. The average Bonchev–Trinajstić information content (AvgIpc) is 2.35. The van der Waals surface area contributed by atoms with Gasteiger partial charge in [0, 0.05) is 13.6 Å². The van der Waals surface area contributed by atoms with E-state index in [1.165, 1.54) is 4.90 Å². The van der Waals surface area contributed by atoms with Crippen LogP contribution in [0.25, 0.3) is 0 Å². The van der Waals surface area contributed by atoms with Crippen LogP contribution in [0.1, 0.15) is 11.1 Å². The van der Waals surface area contributed by atoms with Gasteiger partial charge in [0.25, 0.3) is 0 Å². The smallest absolute Gasteiger partial charge is 0.334 e. The van der Waals surface area contributed by atoms with Crippen molar-refractivity contribution in [3.8, 4) is 0 Å². The van der Waals surface area contributed by atoms with Crippen LogP contribution < -0.4 is 5.32 Å². The second kappa shape index (κ2) is 6.75. The number of nitrogens with zero attached hydrogens (tertiary/aromatic N) is 1. The lowest BCUT2D eigenvalue weighted by Gasteiger charge is -2.18. The van der Waals surface area contributed by atoms with Crippen molar-refractivity contribution in [3.05, 3.63) is 35.4 Å². The molecule has 1 unspecified atom stereocenters. The van der Waals surface area contributed by atoms with Crippen LogP contribution in [-0.2, 0) is 11.3 Å². The van der Waals surface area contributed by atoms with Crippen molar-refractivity contribution in [2.75, 3.05) is 13.6 Å². The molecule has 0 bridgehead atoms. The van der Waals surface area contributed by atoms with Crippen LogP contribution in [0.2, 0.25) is 0 Å². The molecule has 0 radical (unpaired) electrons. The Bertz CT molecular complexity index is 462. The Kier molecular flexibility index (Phi) is 5.32. The van der Waals surface area contributed by atoms with Crippen molar-refractivity contribution in [3.63, 3.8) is 0 Å². The predicted octanol–water partition coefficient (Wildman–Crippen LogP) is 0.582. The van der Waals surface area contributed by atoms with E-state index in [1.54, 1.807) is 7.05 Å². The largest absolute Gasteiger partial charge is 0.479 e. The van der Waals surface area contributed by atoms with Gasteiger partial charge in [0.05, 0.1) is 6.54 Å². The van der Waals surface area contributed by atoms with E-state index in [-0.39, 0.29) is 6.54 Å². The molecule has 19 heavy (non-hydrogen) atoms. The van der Waals surface area contributed by atoms with Crippen LogP contribution in [0.4, 0.5) is 4.79 Å². The fourth-order valence-corrected chi connectivity index (χ4v) is 1.56. The Labute approximate surface area is 111 Å². The highest BCUT2D eigenvalue weighted by Gasteiger charge is 2.15. The van der Waals surface area contributed by atoms with Crippen LogP contribution in [0, 0.1) is 6.92 Å². The van der Waals surface area contributed by atoms with Gasteiger partial charge < -0.3 is 20.4 Å². The summed E-state index contributed by atoms with van der Waals surface area (Å²) in [5, 5.41) is 19.9. The average molecular weight is 266 g/mol. The molecule has 1 rings (SSSR count). The highest BCUT2D eigenvalue weighted by molar-refractivity contribution is 5.76. The number of nitrogens with one attached hydrogen (secondary N) is 1. The molecule has 6 nitrogen and oxygen atoms in total. The summed E-state index contributed by atoms with van der Waals surface area (Å²) >= 11 is 0. The van der Waals surface area contributed by atoms with Crippen LogP contribution >= 0.6 is 0 Å². The van der Waals surface area contributed by atoms with Gasteiger partial charge in [0.2, 0.25) is 0 Å². The molecular formula is C13H18N2O4. The van der Waals surface area contributed by atoms with Crippen molar-refractivity contribution in [1.82, 2.24) is 10.2 Å². The van der Waals surface area contributed by atoms with Crippen molar-refractivity contribution in [1.29, 1.82) is 0 Å². The van der Waals surface area contributed by atoms with Crippen molar-refractivity contribution in [2.45, 2.75) is 19.6 Å². The summed E-state index contributed by atoms with van der Waals surface area (Å²) in [4.78, 5) is 23.5. The molecule has 0 aliphatic carbocycles. The number of aryl methyl sites for hydroxylation is 1. The Morgan fingerprint density at radius 1 is 1.42 bits per heavy atom. The molecule has 0 heterocycles. The zero-order valence-electron chi connectivity index (χ0n) is 11.0. The Hall–Kier alpha value is -2.08. The topological polar surface area (TPSA) is 89.9 Å². The van der Waals surface area contributed by atoms with E-state index in [9.17, 15) is 9.59 Å². The number of hydrogen-bond acceptors (Lipinski definition) is 3. The number of aliphatic hydroxyl groups is 1. The number of carbonyl (C=O) groups excluding carboxylic acids is 1. The van der Waals surface area contributed by atoms with Crippen LogP contribution in [0.3, 0.4) is 0 Å². The molecule has 3 N–H and O–H groups in total. The lowest BCUT2D eigenvalue weighted by atomic mass is 10.1.